The number of carbonyl (C=O) groups excluding carboxylic acids is 2. The van der Waals surface area contributed by atoms with Crippen LogP contribution >= 0.6 is 27.7 Å². The summed E-state index contributed by atoms with van der Waals surface area (Å²) in [5.41, 5.74) is 1.06. The number of hydrogen-bond acceptors (Lipinski definition) is 5. The largest absolute Gasteiger partial charge is 0.360 e. The Morgan fingerprint density at radius 1 is 1.31 bits per heavy atom. The molecule has 0 spiro atoms. The van der Waals surface area contributed by atoms with Gasteiger partial charge < -0.3 is 15.2 Å². The smallest absolute Gasteiger partial charge is 0.238 e. The average molecular weight is 440 g/mol. The van der Waals surface area contributed by atoms with Crippen LogP contribution in [0.3, 0.4) is 0 Å². The van der Waals surface area contributed by atoms with E-state index in [9.17, 15) is 9.59 Å². The van der Waals surface area contributed by atoms with E-state index in [4.69, 9.17) is 4.52 Å². The number of anilines is 1. The molecular formula is C18H22BrN3O3S. The summed E-state index contributed by atoms with van der Waals surface area (Å²) >= 11 is 4.69. The van der Waals surface area contributed by atoms with Crippen molar-refractivity contribution >= 4 is 45.3 Å². The molecule has 0 radical (unpaired) electrons. The molecule has 2 N–H and O–H groups in total. The van der Waals surface area contributed by atoms with Crippen molar-refractivity contribution in [3.8, 4) is 0 Å². The van der Waals surface area contributed by atoms with E-state index in [-0.39, 0.29) is 28.9 Å². The van der Waals surface area contributed by atoms with Gasteiger partial charge in [-0.2, -0.15) is 0 Å². The highest BCUT2D eigenvalue weighted by molar-refractivity contribution is 9.10. The van der Waals surface area contributed by atoms with Crippen LogP contribution in [-0.4, -0.2) is 28.0 Å². The van der Waals surface area contributed by atoms with Crippen molar-refractivity contribution in [3.63, 3.8) is 0 Å². The van der Waals surface area contributed by atoms with Crippen molar-refractivity contribution in [2.45, 2.75) is 38.5 Å². The minimum absolute atomic E-state index is 0.0431. The van der Waals surface area contributed by atoms with Gasteiger partial charge in [0.2, 0.25) is 11.8 Å². The summed E-state index contributed by atoms with van der Waals surface area (Å²) in [5.74, 6) is 0.904. The number of hydrogen-bond donors (Lipinski definition) is 2. The molecule has 6 nitrogen and oxygen atoms in total. The topological polar surface area (TPSA) is 84.2 Å². The first-order valence-electron chi connectivity index (χ1n) is 8.29. The zero-order chi connectivity index (χ0) is 19.1. The Bertz CT molecular complexity index is 748. The van der Waals surface area contributed by atoms with Crippen LogP contribution in [-0.2, 0) is 9.59 Å². The highest BCUT2D eigenvalue weighted by atomic mass is 79.9. The zero-order valence-electron chi connectivity index (χ0n) is 14.9. The van der Waals surface area contributed by atoms with Crippen molar-refractivity contribution in [2.24, 2.45) is 0 Å². The average Bonchev–Trinajstić information content (AvgIpc) is 3.03. The van der Waals surface area contributed by atoms with Crippen molar-refractivity contribution in [3.05, 3.63) is 46.1 Å². The van der Waals surface area contributed by atoms with Crippen LogP contribution in [0.4, 0.5) is 5.82 Å². The Balaban J connectivity index is 1.81. The van der Waals surface area contributed by atoms with Crippen LogP contribution in [0.5, 0.6) is 0 Å². The van der Waals surface area contributed by atoms with Gasteiger partial charge in [-0.05, 0) is 38.0 Å². The second-order valence-electron chi connectivity index (χ2n) is 5.85. The normalized spacial score (nSPS) is 13.1. The number of halogens is 1. The first kappa shape index (κ1) is 20.5. The van der Waals surface area contributed by atoms with Crippen LogP contribution in [0.1, 0.15) is 37.6 Å². The Kier molecular flexibility index (Phi) is 7.71. The van der Waals surface area contributed by atoms with Crippen molar-refractivity contribution in [1.29, 1.82) is 0 Å². The number of aromatic nitrogens is 1. The lowest BCUT2D eigenvalue weighted by Gasteiger charge is -2.18. The molecule has 0 fully saturated rings. The summed E-state index contributed by atoms with van der Waals surface area (Å²) in [4.78, 5) is 24.4. The van der Waals surface area contributed by atoms with Crippen LogP contribution in [0.2, 0.25) is 0 Å². The third-order valence-corrected chi connectivity index (χ3v) is 5.40. The lowest BCUT2D eigenvalue weighted by molar-refractivity contribution is -0.119. The molecule has 0 saturated carbocycles. The van der Waals surface area contributed by atoms with Gasteiger partial charge in [0.05, 0.1) is 17.0 Å². The minimum atomic E-state index is -0.384. The van der Waals surface area contributed by atoms with E-state index in [1.165, 1.54) is 11.8 Å². The van der Waals surface area contributed by atoms with Gasteiger partial charge in [-0.1, -0.05) is 40.1 Å². The van der Waals surface area contributed by atoms with Gasteiger partial charge in [0.15, 0.2) is 5.82 Å². The second-order valence-corrected chi connectivity index (χ2v) is 8.09. The number of benzene rings is 1. The van der Waals surface area contributed by atoms with E-state index in [1.54, 1.807) is 19.9 Å². The van der Waals surface area contributed by atoms with Gasteiger partial charge in [-0.25, -0.2) is 0 Å². The summed E-state index contributed by atoms with van der Waals surface area (Å²) in [7, 11) is 0. The van der Waals surface area contributed by atoms with Crippen molar-refractivity contribution in [1.82, 2.24) is 10.5 Å². The van der Waals surface area contributed by atoms with E-state index in [1.807, 2.05) is 31.2 Å². The molecular weight excluding hydrogens is 418 g/mol. The SMILES string of the molecule is CCC(NC(=O)CSC(C)C(=O)Nc1cc(C)on1)c1ccc(Br)cc1. The summed E-state index contributed by atoms with van der Waals surface area (Å²) in [6, 6.07) is 9.49. The lowest BCUT2D eigenvalue weighted by Crippen LogP contribution is -2.31. The molecule has 2 atom stereocenters. The quantitative estimate of drug-likeness (QED) is 0.647. The number of aryl methyl sites for hydroxylation is 1. The summed E-state index contributed by atoms with van der Waals surface area (Å²) in [6.07, 6.45) is 0.791. The molecule has 0 bridgehead atoms. The third kappa shape index (κ3) is 6.17. The van der Waals surface area contributed by atoms with E-state index in [2.05, 4.69) is 31.7 Å². The number of rotatable bonds is 8. The first-order chi connectivity index (χ1) is 12.4. The van der Waals surface area contributed by atoms with Gasteiger partial charge >= 0.3 is 0 Å². The predicted molar refractivity (Wildman–Crippen MR) is 107 cm³/mol. The molecule has 8 heteroatoms. The molecule has 1 heterocycles. The van der Waals surface area contributed by atoms with Crippen LogP contribution in [0, 0.1) is 6.92 Å². The van der Waals surface area contributed by atoms with Gasteiger partial charge in [-0.3, -0.25) is 9.59 Å². The first-order valence-corrected chi connectivity index (χ1v) is 10.1. The summed E-state index contributed by atoms with van der Waals surface area (Å²) < 4.78 is 5.91. The predicted octanol–water partition coefficient (Wildman–Crippen LogP) is 4.07. The van der Waals surface area contributed by atoms with Crippen molar-refractivity contribution in [2.75, 3.05) is 11.1 Å². The van der Waals surface area contributed by atoms with E-state index < -0.39 is 0 Å². The molecule has 1 aromatic heterocycles. The molecule has 2 amide bonds. The number of nitrogens with one attached hydrogen (secondary N) is 2. The Labute approximate surface area is 165 Å². The molecule has 0 aliphatic rings. The van der Waals surface area contributed by atoms with E-state index in [0.717, 1.165) is 16.5 Å². The maximum Gasteiger partial charge on any atom is 0.238 e. The van der Waals surface area contributed by atoms with Gasteiger partial charge in [0, 0.05) is 10.5 Å². The molecule has 2 aromatic rings. The number of thioether (sulfide) groups is 1. The van der Waals surface area contributed by atoms with Crippen LogP contribution in [0.25, 0.3) is 0 Å². The molecule has 26 heavy (non-hydrogen) atoms. The number of carbonyl (C=O) groups is 2. The molecule has 0 aliphatic heterocycles. The zero-order valence-corrected chi connectivity index (χ0v) is 17.3. The number of amides is 2. The summed E-state index contributed by atoms with van der Waals surface area (Å²) in [6.45, 7) is 5.53. The highest BCUT2D eigenvalue weighted by Crippen LogP contribution is 2.20. The molecule has 1 aromatic carbocycles. The van der Waals surface area contributed by atoms with Crippen LogP contribution in [0.15, 0.2) is 39.3 Å². The fourth-order valence-electron chi connectivity index (χ4n) is 2.28. The van der Waals surface area contributed by atoms with E-state index in [0.29, 0.717) is 11.6 Å². The standard InChI is InChI=1S/C18H22BrN3O3S/c1-4-15(13-5-7-14(19)8-6-13)20-17(23)10-26-12(3)18(24)21-16-9-11(2)25-22-16/h5-9,12,15H,4,10H2,1-3H3,(H,20,23)(H,21,22,24). The second kappa shape index (κ2) is 9.78. The lowest BCUT2D eigenvalue weighted by atomic mass is 10.0. The molecule has 140 valence electrons. The van der Waals surface area contributed by atoms with Gasteiger partial charge in [0.25, 0.3) is 0 Å². The molecule has 2 unspecified atom stereocenters. The fraction of sp³-hybridized carbons (Fsp3) is 0.389. The highest BCUT2D eigenvalue weighted by Gasteiger charge is 2.18. The number of nitrogens with zero attached hydrogens (tertiary/aromatic N) is 1. The maximum atomic E-state index is 12.2. The Morgan fingerprint density at radius 3 is 2.58 bits per heavy atom. The van der Waals surface area contributed by atoms with E-state index >= 15 is 0 Å². The molecule has 2 rings (SSSR count). The monoisotopic (exact) mass is 439 g/mol. The van der Waals surface area contributed by atoms with Gasteiger partial charge in [0.1, 0.15) is 5.76 Å². The van der Waals surface area contributed by atoms with Gasteiger partial charge in [-0.15, -0.1) is 11.8 Å². The van der Waals surface area contributed by atoms with Crippen LogP contribution < -0.4 is 10.6 Å². The molecule has 0 aliphatic carbocycles. The fourth-order valence-corrected chi connectivity index (χ4v) is 3.24. The van der Waals surface area contributed by atoms with Crippen molar-refractivity contribution < 1.29 is 14.1 Å². The Hall–Kier alpha value is -1.80. The summed E-state index contributed by atoms with van der Waals surface area (Å²) in [5, 5.41) is 9.03. The molecule has 0 saturated heterocycles. The Morgan fingerprint density at radius 2 is 2.00 bits per heavy atom. The minimum Gasteiger partial charge on any atom is -0.360 e. The maximum absolute atomic E-state index is 12.2. The third-order valence-electron chi connectivity index (χ3n) is 3.73.